The number of carbonyl (C=O) groups is 3. The van der Waals surface area contributed by atoms with E-state index in [1.165, 1.54) is 5.56 Å². The molecule has 0 aliphatic carbocycles. The standard InChI is InChI=1S/C23H22ClN3O3S/c1-15-12-17-7-3-5-9-19(17)27(15)14-21(28)25-10-11-26-22(29)20(31-23(26)30)13-16-6-2-4-8-18(16)24/h2-9,13,15H,10-12,14H2,1H3,(H,25,28). The van der Waals surface area contributed by atoms with Gasteiger partial charge in [0.1, 0.15) is 0 Å². The van der Waals surface area contributed by atoms with E-state index in [9.17, 15) is 14.4 Å². The van der Waals surface area contributed by atoms with Crippen molar-refractivity contribution < 1.29 is 14.4 Å². The van der Waals surface area contributed by atoms with E-state index in [-0.39, 0.29) is 42.7 Å². The molecule has 1 saturated heterocycles. The van der Waals surface area contributed by atoms with Crippen LogP contribution < -0.4 is 10.2 Å². The van der Waals surface area contributed by atoms with Gasteiger partial charge in [-0.25, -0.2) is 0 Å². The number of nitrogens with zero attached hydrogens (tertiary/aromatic N) is 2. The molecule has 0 bridgehead atoms. The minimum Gasteiger partial charge on any atom is -0.359 e. The number of fused-ring (bicyclic) bond motifs is 1. The van der Waals surface area contributed by atoms with Gasteiger partial charge in [-0.3, -0.25) is 19.3 Å². The van der Waals surface area contributed by atoms with E-state index in [2.05, 4.69) is 23.2 Å². The first-order valence-corrected chi connectivity index (χ1v) is 11.2. The number of halogens is 1. The van der Waals surface area contributed by atoms with E-state index >= 15 is 0 Å². The SMILES string of the molecule is CC1Cc2ccccc2N1CC(=O)NCCN1C(=O)SC(=Cc2ccccc2Cl)C1=O. The third-order valence-electron chi connectivity index (χ3n) is 5.39. The van der Waals surface area contributed by atoms with Gasteiger partial charge in [0.2, 0.25) is 5.91 Å². The number of amides is 3. The Morgan fingerprint density at radius 3 is 2.74 bits per heavy atom. The van der Waals surface area contributed by atoms with Crippen LogP contribution in [0, 0.1) is 0 Å². The number of nitrogens with one attached hydrogen (secondary N) is 1. The fourth-order valence-corrected chi connectivity index (χ4v) is 4.86. The van der Waals surface area contributed by atoms with Crippen LogP contribution in [0.1, 0.15) is 18.1 Å². The molecule has 0 saturated carbocycles. The summed E-state index contributed by atoms with van der Waals surface area (Å²) >= 11 is 7.02. The zero-order chi connectivity index (χ0) is 22.0. The van der Waals surface area contributed by atoms with Crippen LogP contribution in [0.15, 0.2) is 53.4 Å². The number of anilines is 1. The number of hydrogen-bond acceptors (Lipinski definition) is 5. The predicted molar refractivity (Wildman–Crippen MR) is 124 cm³/mol. The molecule has 2 aromatic rings. The maximum Gasteiger partial charge on any atom is 0.293 e. The minimum atomic E-state index is -0.369. The van der Waals surface area contributed by atoms with E-state index in [1.54, 1.807) is 24.3 Å². The zero-order valence-corrected chi connectivity index (χ0v) is 18.6. The highest BCUT2D eigenvalue weighted by molar-refractivity contribution is 8.18. The van der Waals surface area contributed by atoms with Crippen molar-refractivity contribution in [2.75, 3.05) is 24.5 Å². The highest BCUT2D eigenvalue weighted by Crippen LogP contribution is 2.33. The van der Waals surface area contributed by atoms with E-state index in [4.69, 9.17) is 11.6 Å². The summed E-state index contributed by atoms with van der Waals surface area (Å²) in [4.78, 5) is 40.9. The molecule has 2 aliphatic heterocycles. The van der Waals surface area contributed by atoms with Gasteiger partial charge >= 0.3 is 0 Å². The molecule has 3 amide bonds. The summed E-state index contributed by atoms with van der Waals surface area (Å²) in [7, 11) is 0. The van der Waals surface area contributed by atoms with Gasteiger partial charge in [0.25, 0.3) is 11.1 Å². The molecule has 1 atom stereocenters. The number of carbonyl (C=O) groups excluding carboxylic acids is 3. The van der Waals surface area contributed by atoms with E-state index in [0.717, 1.165) is 28.8 Å². The van der Waals surface area contributed by atoms with Gasteiger partial charge in [0, 0.05) is 29.8 Å². The monoisotopic (exact) mass is 455 g/mol. The second-order valence-corrected chi connectivity index (χ2v) is 8.91. The largest absolute Gasteiger partial charge is 0.359 e. The summed E-state index contributed by atoms with van der Waals surface area (Å²) in [5, 5.41) is 2.99. The van der Waals surface area contributed by atoms with Crippen molar-refractivity contribution >= 4 is 52.2 Å². The van der Waals surface area contributed by atoms with E-state index < -0.39 is 0 Å². The smallest absolute Gasteiger partial charge is 0.293 e. The second-order valence-electron chi connectivity index (χ2n) is 7.51. The topological polar surface area (TPSA) is 69.7 Å². The van der Waals surface area contributed by atoms with Gasteiger partial charge in [0.05, 0.1) is 11.4 Å². The van der Waals surface area contributed by atoms with Crippen molar-refractivity contribution in [2.45, 2.75) is 19.4 Å². The Bertz CT molecular complexity index is 1070. The fourth-order valence-electron chi connectivity index (χ4n) is 3.81. The van der Waals surface area contributed by atoms with Crippen molar-refractivity contribution in [3.05, 3.63) is 69.6 Å². The lowest BCUT2D eigenvalue weighted by molar-refractivity contribution is -0.124. The lowest BCUT2D eigenvalue weighted by Crippen LogP contribution is -2.43. The van der Waals surface area contributed by atoms with Crippen LogP contribution in [0.3, 0.4) is 0 Å². The fraction of sp³-hybridized carbons (Fsp3) is 0.261. The van der Waals surface area contributed by atoms with Crippen LogP contribution in [-0.2, 0) is 16.0 Å². The van der Waals surface area contributed by atoms with E-state index in [1.807, 2.05) is 24.3 Å². The van der Waals surface area contributed by atoms with Crippen LogP contribution in [0.25, 0.3) is 6.08 Å². The Morgan fingerprint density at radius 1 is 1.19 bits per heavy atom. The summed E-state index contributed by atoms with van der Waals surface area (Å²) in [5.74, 6) is -0.506. The summed E-state index contributed by atoms with van der Waals surface area (Å²) < 4.78 is 0. The molecular formula is C23H22ClN3O3S. The van der Waals surface area contributed by atoms with Crippen LogP contribution in [-0.4, -0.2) is 47.6 Å². The number of benzene rings is 2. The van der Waals surface area contributed by atoms with Crippen molar-refractivity contribution in [1.82, 2.24) is 10.2 Å². The molecule has 1 fully saturated rings. The van der Waals surface area contributed by atoms with Crippen molar-refractivity contribution in [1.29, 1.82) is 0 Å². The van der Waals surface area contributed by atoms with Crippen molar-refractivity contribution in [3.8, 4) is 0 Å². The molecule has 2 aromatic carbocycles. The third kappa shape index (κ3) is 4.62. The summed E-state index contributed by atoms with van der Waals surface area (Å²) in [6, 6.07) is 15.5. The maximum absolute atomic E-state index is 12.6. The molecule has 0 aromatic heterocycles. The average Bonchev–Trinajstić information content (AvgIpc) is 3.20. The lowest BCUT2D eigenvalue weighted by Gasteiger charge is -2.24. The lowest BCUT2D eigenvalue weighted by atomic mass is 10.1. The van der Waals surface area contributed by atoms with E-state index in [0.29, 0.717) is 15.5 Å². The second kappa shape index (κ2) is 9.16. The number of imide groups is 1. The van der Waals surface area contributed by atoms with Gasteiger partial charge < -0.3 is 10.2 Å². The number of para-hydroxylation sites is 1. The first-order chi connectivity index (χ1) is 14.9. The number of rotatable bonds is 6. The van der Waals surface area contributed by atoms with Crippen molar-refractivity contribution in [2.24, 2.45) is 0 Å². The average molecular weight is 456 g/mol. The van der Waals surface area contributed by atoms with Crippen molar-refractivity contribution in [3.63, 3.8) is 0 Å². The Kier molecular flexibility index (Phi) is 6.34. The molecule has 1 unspecified atom stereocenters. The summed E-state index contributed by atoms with van der Waals surface area (Å²) in [5.41, 5.74) is 3.01. The minimum absolute atomic E-state index is 0.127. The molecule has 2 heterocycles. The molecule has 8 heteroatoms. The number of thioether (sulfide) groups is 1. The molecule has 2 aliphatic rings. The highest BCUT2D eigenvalue weighted by atomic mass is 35.5. The van der Waals surface area contributed by atoms with Gasteiger partial charge in [-0.15, -0.1) is 0 Å². The highest BCUT2D eigenvalue weighted by Gasteiger charge is 2.35. The maximum atomic E-state index is 12.6. The Morgan fingerprint density at radius 2 is 1.94 bits per heavy atom. The number of hydrogen-bond donors (Lipinski definition) is 1. The third-order valence-corrected chi connectivity index (χ3v) is 6.64. The van der Waals surface area contributed by atoms with Gasteiger partial charge in [-0.05, 0) is 54.4 Å². The van der Waals surface area contributed by atoms with Gasteiger partial charge in [0.15, 0.2) is 0 Å². The van der Waals surface area contributed by atoms with Gasteiger partial charge in [-0.1, -0.05) is 48.0 Å². The predicted octanol–water partition coefficient (Wildman–Crippen LogP) is 3.94. The Labute approximate surface area is 190 Å². The summed E-state index contributed by atoms with van der Waals surface area (Å²) in [6.45, 7) is 2.67. The van der Waals surface area contributed by atoms with Gasteiger partial charge in [-0.2, -0.15) is 0 Å². The molecule has 1 N–H and O–H groups in total. The first-order valence-electron chi connectivity index (χ1n) is 10.0. The Balaban J connectivity index is 1.32. The van der Waals surface area contributed by atoms with Crippen LogP contribution in [0.2, 0.25) is 5.02 Å². The molecule has 160 valence electrons. The Hall–Kier alpha value is -2.77. The molecule has 6 nitrogen and oxygen atoms in total. The normalized spacial score (nSPS) is 19.3. The molecule has 31 heavy (non-hydrogen) atoms. The summed E-state index contributed by atoms with van der Waals surface area (Å²) in [6.07, 6.45) is 2.54. The molecular weight excluding hydrogens is 434 g/mol. The molecule has 0 radical (unpaired) electrons. The van der Waals surface area contributed by atoms with Crippen LogP contribution in [0.5, 0.6) is 0 Å². The first kappa shape index (κ1) is 21.5. The molecule has 4 rings (SSSR count). The van der Waals surface area contributed by atoms with Crippen LogP contribution >= 0.6 is 23.4 Å². The zero-order valence-electron chi connectivity index (χ0n) is 17.0. The quantitative estimate of drug-likeness (QED) is 0.668. The van der Waals surface area contributed by atoms with Crippen LogP contribution in [0.4, 0.5) is 10.5 Å². The molecule has 0 spiro atoms.